The van der Waals surface area contributed by atoms with Gasteiger partial charge in [0, 0.05) is 0 Å². The van der Waals surface area contributed by atoms with Crippen molar-refractivity contribution >= 4 is 47.1 Å². The molecule has 0 aromatic heterocycles. The number of carbonyl (C=O) groups excluding carboxylic acids is 2. The van der Waals surface area contributed by atoms with Crippen LogP contribution in [0.3, 0.4) is 0 Å². The Morgan fingerprint density at radius 1 is 1.20 bits per heavy atom. The van der Waals surface area contributed by atoms with Crippen LogP contribution in [-0.4, -0.2) is 10.5 Å². The van der Waals surface area contributed by atoms with Gasteiger partial charge in [-0.1, -0.05) is 37.4 Å². The van der Waals surface area contributed by atoms with Crippen molar-refractivity contribution in [2.75, 3.05) is 11.1 Å². The van der Waals surface area contributed by atoms with Crippen molar-refractivity contribution in [3.63, 3.8) is 0 Å². The SMILES string of the molecule is NC(=O)S.Nc1ccccc1NC(=O)S. The van der Waals surface area contributed by atoms with Crippen LogP contribution >= 0.6 is 25.3 Å². The second-order valence-electron chi connectivity index (χ2n) is 2.36. The number of nitrogens with two attached hydrogens (primary N) is 2. The smallest absolute Gasteiger partial charge is 0.280 e. The molecule has 0 aliphatic heterocycles. The minimum absolute atomic E-state index is 0.414. The molecule has 82 valence electrons. The summed E-state index contributed by atoms with van der Waals surface area (Å²) in [4.78, 5) is 19.5. The number of rotatable bonds is 1. The lowest BCUT2D eigenvalue weighted by Gasteiger charge is -2.03. The van der Waals surface area contributed by atoms with Crippen LogP contribution in [0.1, 0.15) is 0 Å². The first-order valence-electron chi connectivity index (χ1n) is 3.76. The molecule has 0 radical (unpaired) electrons. The van der Waals surface area contributed by atoms with Gasteiger partial charge in [-0.05, 0) is 12.1 Å². The van der Waals surface area contributed by atoms with E-state index in [9.17, 15) is 4.79 Å². The standard InChI is InChI=1S/C7H8N2OS.CH3NOS/c8-5-3-1-2-4-6(5)9-7(10)11;2-1(3)4/h1-4H,8H2,(H2,9,10,11);(H3,2,3,4). The van der Waals surface area contributed by atoms with Crippen molar-refractivity contribution in [1.29, 1.82) is 0 Å². The van der Waals surface area contributed by atoms with Crippen LogP contribution in [0.4, 0.5) is 21.0 Å². The van der Waals surface area contributed by atoms with Crippen LogP contribution < -0.4 is 16.8 Å². The summed E-state index contributed by atoms with van der Waals surface area (Å²) in [5, 5.41) is 1.42. The molecule has 0 saturated heterocycles. The Morgan fingerprint density at radius 3 is 2.07 bits per heavy atom. The molecule has 1 rings (SSSR count). The average Bonchev–Trinajstić information content (AvgIpc) is 2.07. The summed E-state index contributed by atoms with van der Waals surface area (Å²) in [5.41, 5.74) is 11.0. The monoisotopic (exact) mass is 245 g/mol. The van der Waals surface area contributed by atoms with E-state index in [-0.39, 0.29) is 0 Å². The number of nitrogens with one attached hydrogen (secondary N) is 1. The lowest BCUT2D eigenvalue weighted by atomic mass is 10.3. The first-order chi connectivity index (χ1) is 6.93. The molecule has 0 aliphatic carbocycles. The van der Waals surface area contributed by atoms with E-state index in [1.54, 1.807) is 24.3 Å². The first kappa shape index (κ1) is 13.7. The average molecular weight is 245 g/mol. The Bertz CT molecular complexity index is 353. The third-order valence-corrected chi connectivity index (χ3v) is 1.31. The molecule has 5 nitrogen and oxygen atoms in total. The zero-order chi connectivity index (χ0) is 11.8. The second-order valence-corrected chi connectivity index (χ2v) is 3.20. The number of para-hydroxylation sites is 2. The molecule has 1 aromatic carbocycles. The molecule has 0 atom stereocenters. The maximum Gasteiger partial charge on any atom is 0.280 e. The third-order valence-electron chi connectivity index (χ3n) is 1.20. The van der Waals surface area contributed by atoms with E-state index in [4.69, 9.17) is 10.5 Å². The van der Waals surface area contributed by atoms with E-state index in [1.807, 2.05) is 0 Å². The molecular formula is C8H11N3O2S2. The fourth-order valence-corrected chi connectivity index (χ4v) is 0.846. The van der Waals surface area contributed by atoms with Crippen molar-refractivity contribution in [3.05, 3.63) is 24.3 Å². The maximum absolute atomic E-state index is 10.5. The summed E-state index contributed by atoms with van der Waals surface area (Å²) in [6, 6.07) is 7.00. The summed E-state index contributed by atoms with van der Waals surface area (Å²) < 4.78 is 0. The number of anilines is 2. The predicted octanol–water partition coefficient (Wildman–Crippen LogP) is 1.73. The van der Waals surface area contributed by atoms with Crippen LogP contribution in [0, 0.1) is 0 Å². The molecule has 2 amide bonds. The van der Waals surface area contributed by atoms with Gasteiger partial charge < -0.3 is 16.8 Å². The molecular weight excluding hydrogens is 234 g/mol. The van der Waals surface area contributed by atoms with Gasteiger partial charge in [-0.15, -0.1) is 0 Å². The van der Waals surface area contributed by atoms with E-state index >= 15 is 0 Å². The lowest BCUT2D eigenvalue weighted by molar-refractivity contribution is 0.267. The number of carbonyl (C=O) groups is 2. The predicted molar refractivity (Wildman–Crippen MR) is 67.4 cm³/mol. The number of hydrogen-bond acceptors (Lipinski definition) is 3. The van der Waals surface area contributed by atoms with Gasteiger partial charge in [0.25, 0.3) is 10.5 Å². The Balaban J connectivity index is 0.000000423. The number of hydrogen-bond donors (Lipinski definition) is 5. The number of benzene rings is 1. The summed E-state index contributed by atoms with van der Waals surface area (Å²) >= 11 is 6.66. The summed E-state index contributed by atoms with van der Waals surface area (Å²) in [5.74, 6) is 0. The highest BCUT2D eigenvalue weighted by Gasteiger charge is 1.97. The molecule has 7 heteroatoms. The van der Waals surface area contributed by atoms with Crippen LogP contribution in [0.2, 0.25) is 0 Å². The number of thiol groups is 2. The summed E-state index contributed by atoms with van der Waals surface area (Å²) in [6.07, 6.45) is 0. The Labute approximate surface area is 98.0 Å². The van der Waals surface area contributed by atoms with Gasteiger partial charge in [-0.2, -0.15) is 0 Å². The fraction of sp³-hybridized carbons (Fsp3) is 0. The van der Waals surface area contributed by atoms with Crippen molar-refractivity contribution in [1.82, 2.24) is 0 Å². The van der Waals surface area contributed by atoms with Gasteiger partial charge in [0.05, 0.1) is 11.4 Å². The van der Waals surface area contributed by atoms with Gasteiger partial charge in [-0.3, -0.25) is 9.59 Å². The summed E-state index contributed by atoms with van der Waals surface area (Å²) in [7, 11) is 0. The molecule has 0 fully saturated rings. The highest BCUT2D eigenvalue weighted by atomic mass is 32.1. The molecule has 0 spiro atoms. The number of primary amides is 1. The van der Waals surface area contributed by atoms with E-state index in [0.29, 0.717) is 11.4 Å². The minimum Gasteiger partial charge on any atom is -0.397 e. The van der Waals surface area contributed by atoms with Crippen molar-refractivity contribution in [3.8, 4) is 0 Å². The van der Waals surface area contributed by atoms with Crippen LogP contribution in [0.25, 0.3) is 0 Å². The van der Waals surface area contributed by atoms with E-state index < -0.39 is 10.5 Å². The maximum atomic E-state index is 10.5. The van der Waals surface area contributed by atoms with E-state index in [0.717, 1.165) is 0 Å². The number of nitrogen functional groups attached to an aromatic ring is 1. The Hall–Kier alpha value is -1.34. The zero-order valence-electron chi connectivity index (χ0n) is 7.68. The lowest BCUT2D eigenvalue weighted by Crippen LogP contribution is -2.03. The van der Waals surface area contributed by atoms with Crippen molar-refractivity contribution in [2.24, 2.45) is 5.73 Å². The second kappa shape index (κ2) is 7.02. The number of amides is 2. The molecule has 5 N–H and O–H groups in total. The largest absolute Gasteiger partial charge is 0.397 e. The van der Waals surface area contributed by atoms with Crippen molar-refractivity contribution in [2.45, 2.75) is 0 Å². The molecule has 0 bridgehead atoms. The van der Waals surface area contributed by atoms with Crippen molar-refractivity contribution < 1.29 is 9.59 Å². The minimum atomic E-state index is -0.639. The quantitative estimate of drug-likeness (QED) is 0.385. The van der Waals surface area contributed by atoms with E-state index in [2.05, 4.69) is 36.3 Å². The molecule has 0 saturated carbocycles. The highest BCUT2D eigenvalue weighted by molar-refractivity contribution is 7.97. The first-order valence-corrected chi connectivity index (χ1v) is 4.65. The van der Waals surface area contributed by atoms with Crippen LogP contribution in [-0.2, 0) is 0 Å². The third kappa shape index (κ3) is 7.71. The molecule has 15 heavy (non-hydrogen) atoms. The molecule has 0 aliphatic rings. The molecule has 0 unspecified atom stereocenters. The molecule has 0 heterocycles. The highest BCUT2D eigenvalue weighted by Crippen LogP contribution is 2.16. The molecule has 1 aromatic rings. The van der Waals surface area contributed by atoms with E-state index in [1.165, 1.54) is 0 Å². The zero-order valence-corrected chi connectivity index (χ0v) is 9.46. The van der Waals surface area contributed by atoms with Gasteiger partial charge in [-0.25, -0.2) is 0 Å². The fourth-order valence-electron chi connectivity index (χ4n) is 0.726. The topological polar surface area (TPSA) is 98.2 Å². The Kier molecular flexibility index (Phi) is 6.39. The van der Waals surface area contributed by atoms with Crippen LogP contribution in [0.15, 0.2) is 24.3 Å². The van der Waals surface area contributed by atoms with Gasteiger partial charge in [0.1, 0.15) is 0 Å². The van der Waals surface area contributed by atoms with Gasteiger partial charge in [0.2, 0.25) is 0 Å². The van der Waals surface area contributed by atoms with Crippen LogP contribution in [0.5, 0.6) is 0 Å². The van der Waals surface area contributed by atoms with Gasteiger partial charge in [0.15, 0.2) is 0 Å². The normalized spacial score (nSPS) is 8.40. The summed E-state index contributed by atoms with van der Waals surface area (Å²) in [6.45, 7) is 0. The Morgan fingerprint density at radius 2 is 1.67 bits per heavy atom. The van der Waals surface area contributed by atoms with Gasteiger partial charge >= 0.3 is 0 Å².